The van der Waals surface area contributed by atoms with E-state index in [1.165, 1.54) is 25.3 Å². The average molecular weight is 256 g/mol. The lowest BCUT2D eigenvalue weighted by Crippen LogP contribution is -1.95. The number of hydrogen-bond donors (Lipinski definition) is 0. The third kappa shape index (κ3) is 2.03. The van der Waals surface area contributed by atoms with Crippen LogP contribution < -0.4 is 4.74 Å². The second-order valence-corrected chi connectivity index (χ2v) is 3.57. The van der Waals surface area contributed by atoms with Crippen LogP contribution in [0.15, 0.2) is 30.3 Å². The summed E-state index contributed by atoms with van der Waals surface area (Å²) >= 11 is 0. The minimum Gasteiger partial charge on any atom is -0.494 e. The average Bonchev–Trinajstić information content (AvgIpc) is 2.36. The first-order valence-electron chi connectivity index (χ1n) is 5.02. The molecule has 0 amide bonds. The van der Waals surface area contributed by atoms with Gasteiger partial charge in [0.1, 0.15) is 0 Å². The molecule has 5 heteroatoms. The summed E-state index contributed by atoms with van der Waals surface area (Å²) < 4.78 is 57.5. The minimum atomic E-state index is -1.17. The lowest BCUT2D eigenvalue weighted by Gasteiger charge is -2.08. The Kier molecular flexibility index (Phi) is 3.23. The van der Waals surface area contributed by atoms with Gasteiger partial charge in [-0.05, 0) is 29.8 Å². The number of halogens is 4. The van der Waals surface area contributed by atoms with E-state index in [-0.39, 0.29) is 16.9 Å². The van der Waals surface area contributed by atoms with Crippen molar-refractivity contribution in [2.24, 2.45) is 0 Å². The normalized spacial score (nSPS) is 10.5. The van der Waals surface area contributed by atoms with Crippen molar-refractivity contribution < 1.29 is 22.3 Å². The van der Waals surface area contributed by atoms with Gasteiger partial charge < -0.3 is 4.74 Å². The first-order chi connectivity index (χ1) is 8.54. The number of benzene rings is 2. The minimum absolute atomic E-state index is 0.0490. The molecule has 0 unspecified atom stereocenters. The molecule has 0 aliphatic rings. The van der Waals surface area contributed by atoms with Crippen molar-refractivity contribution in [2.75, 3.05) is 7.11 Å². The molecule has 0 saturated heterocycles. The lowest BCUT2D eigenvalue weighted by atomic mass is 10.0. The van der Waals surface area contributed by atoms with Gasteiger partial charge in [0.2, 0.25) is 5.82 Å². The molecule has 2 aromatic rings. The maximum absolute atomic E-state index is 13.7. The second-order valence-electron chi connectivity index (χ2n) is 3.57. The zero-order valence-corrected chi connectivity index (χ0v) is 9.31. The molecule has 18 heavy (non-hydrogen) atoms. The first-order valence-corrected chi connectivity index (χ1v) is 5.02. The van der Waals surface area contributed by atoms with Crippen LogP contribution >= 0.6 is 0 Å². The van der Waals surface area contributed by atoms with Crippen molar-refractivity contribution in [3.05, 3.63) is 53.6 Å². The molecule has 2 aromatic carbocycles. The van der Waals surface area contributed by atoms with Crippen LogP contribution in [0.25, 0.3) is 11.1 Å². The molecule has 0 fully saturated rings. The SMILES string of the molecule is COc1ccc(-c2ccc(F)c(F)c2)c(F)c1F. The maximum atomic E-state index is 13.7. The Balaban J connectivity index is 2.57. The van der Waals surface area contributed by atoms with Crippen molar-refractivity contribution in [1.82, 2.24) is 0 Å². The van der Waals surface area contributed by atoms with Crippen LogP contribution in [0.1, 0.15) is 0 Å². The summed E-state index contributed by atoms with van der Waals surface area (Å²) in [5.41, 5.74) is -0.111. The van der Waals surface area contributed by atoms with Crippen LogP contribution in [-0.2, 0) is 0 Å². The molecule has 0 aliphatic carbocycles. The van der Waals surface area contributed by atoms with Crippen LogP contribution in [0.2, 0.25) is 0 Å². The van der Waals surface area contributed by atoms with Crippen molar-refractivity contribution >= 4 is 0 Å². The molecule has 0 aliphatic heterocycles. The Morgan fingerprint density at radius 2 is 1.56 bits per heavy atom. The topological polar surface area (TPSA) is 9.23 Å². The molecule has 0 aromatic heterocycles. The van der Waals surface area contributed by atoms with Gasteiger partial charge in [-0.1, -0.05) is 6.07 Å². The van der Waals surface area contributed by atoms with E-state index in [1.807, 2.05) is 0 Å². The largest absolute Gasteiger partial charge is 0.494 e. The maximum Gasteiger partial charge on any atom is 0.201 e. The van der Waals surface area contributed by atoms with Gasteiger partial charge in [-0.25, -0.2) is 13.2 Å². The van der Waals surface area contributed by atoms with Gasteiger partial charge in [-0.15, -0.1) is 0 Å². The molecule has 0 bridgehead atoms. The summed E-state index contributed by atoms with van der Waals surface area (Å²) in [6, 6.07) is 5.29. The summed E-state index contributed by atoms with van der Waals surface area (Å²) in [6.07, 6.45) is 0. The van der Waals surface area contributed by atoms with E-state index < -0.39 is 23.3 Å². The highest BCUT2D eigenvalue weighted by atomic mass is 19.2. The third-order valence-corrected chi connectivity index (χ3v) is 2.50. The highest BCUT2D eigenvalue weighted by Gasteiger charge is 2.16. The fourth-order valence-corrected chi connectivity index (χ4v) is 1.58. The quantitative estimate of drug-likeness (QED) is 0.740. The van der Waals surface area contributed by atoms with E-state index in [0.717, 1.165) is 12.1 Å². The van der Waals surface area contributed by atoms with E-state index in [9.17, 15) is 17.6 Å². The van der Waals surface area contributed by atoms with E-state index in [1.54, 1.807) is 0 Å². The van der Waals surface area contributed by atoms with E-state index in [4.69, 9.17) is 0 Å². The van der Waals surface area contributed by atoms with Crippen LogP contribution in [0, 0.1) is 23.3 Å². The predicted molar refractivity (Wildman–Crippen MR) is 58.3 cm³/mol. The fourth-order valence-electron chi connectivity index (χ4n) is 1.58. The Morgan fingerprint density at radius 1 is 0.833 bits per heavy atom. The van der Waals surface area contributed by atoms with Crippen LogP contribution in [0.5, 0.6) is 5.75 Å². The summed E-state index contributed by atoms with van der Waals surface area (Å²) in [7, 11) is 1.20. The number of rotatable bonds is 2. The molecule has 0 N–H and O–H groups in total. The fraction of sp³-hybridized carbons (Fsp3) is 0.0769. The summed E-state index contributed by atoms with van der Waals surface area (Å²) in [5, 5.41) is 0. The zero-order chi connectivity index (χ0) is 13.3. The molecule has 0 spiro atoms. The second kappa shape index (κ2) is 4.68. The Hall–Kier alpha value is -2.04. The van der Waals surface area contributed by atoms with Gasteiger partial charge in [0.25, 0.3) is 0 Å². The van der Waals surface area contributed by atoms with Gasteiger partial charge >= 0.3 is 0 Å². The van der Waals surface area contributed by atoms with Crippen LogP contribution in [0.3, 0.4) is 0 Å². The Labute approximate surface area is 101 Å². The standard InChI is InChI=1S/C13H8F4O/c1-18-11-5-3-8(12(16)13(11)17)7-2-4-9(14)10(15)6-7/h2-6H,1H3. The van der Waals surface area contributed by atoms with Crippen molar-refractivity contribution in [3.8, 4) is 16.9 Å². The Bertz CT molecular complexity index is 596. The van der Waals surface area contributed by atoms with E-state index in [0.29, 0.717) is 0 Å². The molecule has 0 atom stereocenters. The Morgan fingerprint density at radius 3 is 2.17 bits per heavy atom. The van der Waals surface area contributed by atoms with Crippen LogP contribution in [0.4, 0.5) is 17.6 Å². The number of hydrogen-bond acceptors (Lipinski definition) is 1. The highest BCUT2D eigenvalue weighted by Crippen LogP contribution is 2.30. The van der Waals surface area contributed by atoms with Crippen LogP contribution in [-0.4, -0.2) is 7.11 Å². The smallest absolute Gasteiger partial charge is 0.201 e. The number of ether oxygens (including phenoxy) is 1. The lowest BCUT2D eigenvalue weighted by molar-refractivity contribution is 0.372. The summed E-state index contributed by atoms with van der Waals surface area (Å²) in [4.78, 5) is 0. The third-order valence-electron chi connectivity index (χ3n) is 2.50. The van der Waals surface area contributed by atoms with Crippen molar-refractivity contribution in [2.45, 2.75) is 0 Å². The molecule has 2 rings (SSSR count). The van der Waals surface area contributed by atoms with Gasteiger partial charge in [0, 0.05) is 5.56 Å². The van der Waals surface area contributed by atoms with E-state index in [2.05, 4.69) is 4.74 Å². The molecular formula is C13H8F4O. The summed E-state index contributed by atoms with van der Waals surface area (Å²) in [5.74, 6) is -4.75. The van der Waals surface area contributed by atoms with Crippen molar-refractivity contribution in [3.63, 3.8) is 0 Å². The molecular weight excluding hydrogens is 248 g/mol. The summed E-state index contributed by atoms with van der Waals surface area (Å²) in [6.45, 7) is 0. The molecule has 94 valence electrons. The zero-order valence-electron chi connectivity index (χ0n) is 9.31. The predicted octanol–water partition coefficient (Wildman–Crippen LogP) is 3.92. The monoisotopic (exact) mass is 256 g/mol. The first kappa shape index (κ1) is 12.4. The molecule has 1 nitrogen and oxygen atoms in total. The molecule has 0 radical (unpaired) electrons. The van der Waals surface area contributed by atoms with E-state index >= 15 is 0 Å². The number of methoxy groups -OCH3 is 1. The van der Waals surface area contributed by atoms with Gasteiger partial charge in [-0.2, -0.15) is 4.39 Å². The molecule has 0 saturated carbocycles. The highest BCUT2D eigenvalue weighted by molar-refractivity contribution is 5.65. The molecule has 0 heterocycles. The van der Waals surface area contributed by atoms with Gasteiger partial charge in [0.15, 0.2) is 23.2 Å². The van der Waals surface area contributed by atoms with Gasteiger partial charge in [-0.3, -0.25) is 0 Å². The van der Waals surface area contributed by atoms with Crippen molar-refractivity contribution in [1.29, 1.82) is 0 Å². The van der Waals surface area contributed by atoms with Gasteiger partial charge in [0.05, 0.1) is 7.11 Å².